The van der Waals surface area contributed by atoms with Crippen LogP contribution in [0.5, 0.6) is 0 Å². The van der Waals surface area contributed by atoms with E-state index in [2.05, 4.69) is 228 Å². The molecule has 4 atom stereocenters. The van der Waals surface area contributed by atoms with Crippen LogP contribution in [-0.4, -0.2) is 87.7 Å². The lowest BCUT2D eigenvalue weighted by Gasteiger charge is -2.32. The molecule has 10 nitrogen and oxygen atoms in total. The predicted octanol–water partition coefficient (Wildman–Crippen LogP) is 41.6. The maximum atomic E-state index is 15.9. The van der Waals surface area contributed by atoms with Gasteiger partial charge in [0.05, 0.1) is 83.4 Å². The largest absolute Gasteiger partial charge is 0.505 e. The first-order chi connectivity index (χ1) is 71.5. The highest BCUT2D eigenvalue weighted by Gasteiger charge is 2.54. The average molecular weight is 2270 g/mol. The van der Waals surface area contributed by atoms with E-state index >= 15 is 19.2 Å². The highest BCUT2D eigenvalue weighted by atomic mass is 79.9. The van der Waals surface area contributed by atoms with Crippen LogP contribution in [0.1, 0.15) is 519 Å². The van der Waals surface area contributed by atoms with E-state index < -0.39 is 0 Å². The second-order valence-electron chi connectivity index (χ2n) is 44.8. The van der Waals surface area contributed by atoms with Crippen LogP contribution in [0.15, 0.2) is 113 Å². The van der Waals surface area contributed by atoms with Gasteiger partial charge >= 0.3 is 7.12 Å². The zero-order valence-electron chi connectivity index (χ0n) is 94.5. The number of halogens is 2. The molecule has 1 saturated heterocycles. The summed E-state index contributed by atoms with van der Waals surface area (Å²) in [6.45, 7) is 36.2. The molecular formula is C127H195BBr2N4O6S7. The van der Waals surface area contributed by atoms with Gasteiger partial charge in [-0.25, -0.2) is 0 Å². The van der Waals surface area contributed by atoms with E-state index in [0.29, 0.717) is 72.1 Å². The lowest BCUT2D eigenvalue weighted by molar-refractivity contribution is -0.124. The number of hydrogen-bond acceptors (Lipinski definition) is 13. The zero-order valence-corrected chi connectivity index (χ0v) is 103. The molecule has 0 spiro atoms. The van der Waals surface area contributed by atoms with E-state index in [0.717, 1.165) is 114 Å². The summed E-state index contributed by atoms with van der Waals surface area (Å²) in [6.07, 6.45) is 76.9. The Morgan fingerprint density at radius 2 is 0.469 bits per heavy atom. The summed E-state index contributed by atoms with van der Waals surface area (Å²) in [4.78, 5) is 79.6. The Morgan fingerprint density at radius 3 is 0.735 bits per heavy atom. The van der Waals surface area contributed by atoms with Crippen LogP contribution < -0.4 is 4.78 Å². The van der Waals surface area contributed by atoms with Gasteiger partial charge in [0.15, 0.2) is 0 Å². The Labute approximate surface area is 940 Å². The minimum Gasteiger partial charge on any atom is -0.399 e. The van der Waals surface area contributed by atoms with Gasteiger partial charge in [0.25, 0.3) is 23.6 Å². The third-order valence-corrected chi connectivity index (χ3v) is 40.6. The fourth-order valence-corrected chi connectivity index (χ4v) is 30.2. The van der Waals surface area contributed by atoms with Crippen LogP contribution >= 0.6 is 111 Å². The van der Waals surface area contributed by atoms with Crippen LogP contribution in [0.25, 0.3) is 42.3 Å². The Kier molecular flexibility index (Phi) is 58.4. The molecule has 0 aliphatic carbocycles. The molecule has 7 aromatic rings. The quantitative estimate of drug-likeness (QED) is 0.0278. The first kappa shape index (κ1) is 124. The summed E-state index contributed by atoms with van der Waals surface area (Å²) in [5.74, 6) is 1.79. The molecule has 5 aliphatic heterocycles. The predicted molar refractivity (Wildman–Crippen MR) is 654 cm³/mol. The molecular weight excluding hydrogens is 2070 g/mol. The minimum atomic E-state index is -0.246. The minimum absolute atomic E-state index is 0.0248. The first-order valence-corrected chi connectivity index (χ1v) is 67.6. The van der Waals surface area contributed by atoms with Crippen molar-refractivity contribution in [3.05, 3.63) is 149 Å². The van der Waals surface area contributed by atoms with Crippen molar-refractivity contribution in [2.75, 3.05) is 26.2 Å². The van der Waals surface area contributed by atoms with Crippen LogP contribution in [0, 0.1) is 23.7 Å². The number of carbonyl (C=O) groups excluding carboxylic acids is 4. The van der Waals surface area contributed by atoms with E-state index in [1.807, 2.05) is 32.5 Å². The van der Waals surface area contributed by atoms with Crippen molar-refractivity contribution in [3.8, 4) is 19.5 Å². The van der Waals surface area contributed by atoms with Gasteiger partial charge in [-0.05, 0) is 273 Å². The van der Waals surface area contributed by atoms with Crippen molar-refractivity contribution in [3.63, 3.8) is 0 Å². The Bertz CT molecular complexity index is 4800. The molecule has 0 bridgehead atoms. The lowest BCUT2D eigenvalue weighted by Crippen LogP contribution is -2.41. The normalized spacial score (nSPS) is 15.9. The smallest absolute Gasteiger partial charge is 0.399 e. The third kappa shape index (κ3) is 38.9. The zero-order chi connectivity index (χ0) is 105. The van der Waals surface area contributed by atoms with Crippen molar-refractivity contribution < 1.29 is 28.5 Å². The van der Waals surface area contributed by atoms with E-state index in [4.69, 9.17) is 9.31 Å². The average Bonchev–Trinajstić information content (AvgIpc) is 1.55. The van der Waals surface area contributed by atoms with E-state index in [1.54, 1.807) is 56.7 Å². The molecule has 12 heterocycles. The van der Waals surface area contributed by atoms with E-state index in [9.17, 15) is 0 Å². The number of thiophene rings is 7. The summed E-state index contributed by atoms with van der Waals surface area (Å²) in [5, 5.41) is 6.96. The SMILES string of the molecule is CCCCCCCCC(CCCCCC)CN1C(=O)C2=C(c3ccc(-c4cc(CCCCCC)cs4)s3)N(CC(CCCCCC)CCCCCCCC)C(=O)C2=C1c1ccc(-c2cc(CCCCCC)cs2)s1.CCCCCCCCC(CCCCCC)CN1C(=O)C2=C(c3ccc(Br)s3)N(CC(CCCCCC)CCCCCCCC)C(=O)C2=C1c1ccc(Br)s1.CCCCCc1csc(B2OC(C)(C)C(C)(C)O2)c1. The number of carbonyl (C=O) groups is 4. The van der Waals surface area contributed by atoms with E-state index in [-0.39, 0.29) is 41.9 Å². The van der Waals surface area contributed by atoms with Gasteiger partial charge in [-0.1, -0.05) is 384 Å². The van der Waals surface area contributed by atoms with Crippen molar-refractivity contribution in [2.24, 2.45) is 23.7 Å². The topological polar surface area (TPSA) is 99.7 Å². The number of hydrogen-bond donors (Lipinski definition) is 0. The number of amides is 4. The number of nitrogens with zero attached hydrogens (tertiary/aromatic N) is 4. The van der Waals surface area contributed by atoms with Gasteiger partial charge < -0.3 is 28.9 Å². The molecule has 7 aromatic heterocycles. The monoisotopic (exact) mass is 2270 g/mol. The Hall–Kier alpha value is -4.32. The summed E-state index contributed by atoms with van der Waals surface area (Å²) < 4.78 is 15.4. The molecule has 0 N–H and O–H groups in total. The Morgan fingerprint density at radius 1 is 0.259 bits per heavy atom. The number of fused-ring (bicyclic) bond motifs is 2. The molecule has 147 heavy (non-hydrogen) atoms. The maximum Gasteiger partial charge on any atom is 0.505 e. The molecule has 0 radical (unpaired) electrons. The highest BCUT2D eigenvalue weighted by Crippen LogP contribution is 2.55. The van der Waals surface area contributed by atoms with Gasteiger partial charge in [0.1, 0.15) is 0 Å². The van der Waals surface area contributed by atoms with Crippen molar-refractivity contribution in [1.82, 2.24) is 19.6 Å². The van der Waals surface area contributed by atoms with Gasteiger partial charge in [-0.2, -0.15) is 11.3 Å². The number of unbranched alkanes of at least 4 members (excludes halogenated alkanes) is 40. The summed E-state index contributed by atoms with van der Waals surface area (Å²) in [5.41, 5.74) is 9.90. The molecule has 818 valence electrons. The van der Waals surface area contributed by atoms with Crippen LogP contribution in [0.3, 0.4) is 0 Å². The maximum absolute atomic E-state index is 15.9. The molecule has 5 aliphatic rings. The molecule has 0 saturated carbocycles. The Balaban J connectivity index is 0.000000263. The molecule has 20 heteroatoms. The fraction of sp³-hybridized carbons (Fsp3) is 0.685. The van der Waals surface area contributed by atoms with Crippen LogP contribution in [0.4, 0.5) is 0 Å². The molecule has 4 amide bonds. The molecule has 12 rings (SSSR count). The van der Waals surface area contributed by atoms with Gasteiger partial charge in [-0.15, -0.1) is 68.0 Å². The van der Waals surface area contributed by atoms with Crippen molar-refractivity contribution in [1.29, 1.82) is 0 Å². The van der Waals surface area contributed by atoms with E-state index in [1.165, 1.54) is 375 Å². The molecule has 1 fully saturated rings. The number of aryl methyl sites for hydroxylation is 3. The fourth-order valence-electron chi connectivity index (χ4n) is 22.2. The molecule has 4 unspecified atom stereocenters. The van der Waals surface area contributed by atoms with Crippen molar-refractivity contribution >= 4 is 170 Å². The van der Waals surface area contributed by atoms with Gasteiger partial charge in [0.2, 0.25) is 0 Å². The first-order valence-electron chi connectivity index (χ1n) is 60.1. The third-order valence-electron chi connectivity index (χ3n) is 31.8. The van der Waals surface area contributed by atoms with Crippen LogP contribution in [-0.2, 0) is 47.7 Å². The summed E-state index contributed by atoms with van der Waals surface area (Å²) in [6, 6.07) is 24.5. The van der Waals surface area contributed by atoms with Gasteiger partial charge in [0, 0.05) is 50.5 Å². The highest BCUT2D eigenvalue weighted by molar-refractivity contribution is 9.11. The second-order valence-corrected chi connectivity index (χ2v) is 54.7. The second kappa shape index (κ2) is 68.9. The van der Waals surface area contributed by atoms with Crippen molar-refractivity contribution in [2.45, 2.75) is 513 Å². The lowest BCUT2D eigenvalue weighted by atomic mass is 9.87. The standard InChI is InChI=1S/C66H100N2O2S4.C46H70Br2N2O2S2.C15H25BO2S/c1-7-13-19-25-27-33-37-51(35-29-21-15-9-3)47-67-63(57-43-41-55(73-57)59-45-53(49-71-59)39-31-23-17-11-5)61-62(65(67)69)64(58-44-42-56(74-58)60-46-54(50-72-60)40-32-24-18-12-6)68(66(61)70)48-52(36-30-22-16-10-4)38-34-28-26-20-14-8-2;1-5-9-13-17-19-23-27-35(25-21-15-11-7-3)33-49-43(37-29-31-39(47)53-37)41-42(45(49)51)44(38-30-32-40(48)54-38)50(46(41)52)34-36(26-22-16-12-8-4)28-24-20-18-14-10-6-2;1-6-7-8-9-12-10-13(19-11-12)16-17-14(2,3)15(4,5)18-16/h41-46,49-52H,7-40,47-48H2,1-6H3;29-32,35-36H,5-28,33-34H2,1-4H3;10-11H,6-9H2,1-5H3. The summed E-state index contributed by atoms with van der Waals surface area (Å²) in [7, 11) is -0.199. The van der Waals surface area contributed by atoms with Crippen LogP contribution in [0.2, 0.25) is 0 Å². The summed E-state index contributed by atoms with van der Waals surface area (Å²) >= 11 is 19.8. The molecule has 0 aromatic carbocycles. The van der Waals surface area contributed by atoms with Gasteiger partial charge in [-0.3, -0.25) is 19.2 Å². The number of rotatable bonds is 77.